The molecule has 0 amide bonds. The lowest BCUT2D eigenvalue weighted by molar-refractivity contribution is 0.559. The normalized spacial score (nSPS) is 20.6. The van der Waals surface area contributed by atoms with Gasteiger partial charge in [0.2, 0.25) is 0 Å². The average molecular weight is 193 g/mol. The Morgan fingerprint density at radius 2 is 2.07 bits per heavy atom. The van der Waals surface area contributed by atoms with E-state index in [9.17, 15) is 4.39 Å². The molecule has 14 heavy (non-hydrogen) atoms. The van der Waals surface area contributed by atoms with E-state index in [4.69, 9.17) is 5.73 Å². The van der Waals surface area contributed by atoms with Crippen molar-refractivity contribution in [2.75, 3.05) is 0 Å². The summed E-state index contributed by atoms with van der Waals surface area (Å²) in [6, 6.07) is 5.33. The SMILES string of the molecule is C[C@@H](N)c1cccc(C2(C)CC2)c1F. The summed E-state index contributed by atoms with van der Waals surface area (Å²) in [6.45, 7) is 3.92. The maximum atomic E-state index is 14.0. The Hall–Kier alpha value is -0.890. The van der Waals surface area contributed by atoms with Crippen LogP contribution in [0.3, 0.4) is 0 Å². The third-order valence-electron chi connectivity index (χ3n) is 3.17. The minimum atomic E-state index is -0.225. The van der Waals surface area contributed by atoms with Crippen molar-refractivity contribution in [3.8, 4) is 0 Å². The fourth-order valence-corrected chi connectivity index (χ4v) is 1.82. The van der Waals surface area contributed by atoms with Gasteiger partial charge in [-0.2, -0.15) is 0 Å². The van der Waals surface area contributed by atoms with Crippen LogP contribution < -0.4 is 5.73 Å². The fraction of sp³-hybridized carbons (Fsp3) is 0.500. The smallest absolute Gasteiger partial charge is 0.131 e. The highest BCUT2D eigenvalue weighted by Crippen LogP contribution is 2.48. The highest BCUT2D eigenvalue weighted by Gasteiger charge is 2.41. The Morgan fingerprint density at radius 3 is 2.57 bits per heavy atom. The molecule has 1 nitrogen and oxygen atoms in total. The molecule has 0 heterocycles. The van der Waals surface area contributed by atoms with Crippen LogP contribution in [-0.2, 0) is 5.41 Å². The Bertz CT molecular complexity index is 353. The molecule has 0 aliphatic heterocycles. The van der Waals surface area contributed by atoms with Gasteiger partial charge < -0.3 is 5.73 Å². The molecule has 0 saturated heterocycles. The average Bonchev–Trinajstić information content (AvgIpc) is 2.84. The molecule has 0 spiro atoms. The molecule has 1 aromatic rings. The monoisotopic (exact) mass is 193 g/mol. The molecule has 2 rings (SSSR count). The molecule has 2 N–H and O–H groups in total. The fourth-order valence-electron chi connectivity index (χ4n) is 1.82. The van der Waals surface area contributed by atoms with Gasteiger partial charge in [-0.3, -0.25) is 0 Å². The molecule has 1 atom stereocenters. The molecule has 1 aromatic carbocycles. The summed E-state index contributed by atoms with van der Waals surface area (Å²) in [6.07, 6.45) is 2.18. The zero-order chi connectivity index (χ0) is 10.3. The van der Waals surface area contributed by atoms with E-state index in [0.717, 1.165) is 18.4 Å². The van der Waals surface area contributed by atoms with Gasteiger partial charge in [0.15, 0.2) is 0 Å². The van der Waals surface area contributed by atoms with Crippen LogP contribution in [0.2, 0.25) is 0 Å². The quantitative estimate of drug-likeness (QED) is 0.767. The van der Waals surface area contributed by atoms with E-state index < -0.39 is 0 Å². The lowest BCUT2D eigenvalue weighted by Gasteiger charge is -2.14. The number of halogens is 1. The van der Waals surface area contributed by atoms with Crippen molar-refractivity contribution in [2.45, 2.75) is 38.1 Å². The van der Waals surface area contributed by atoms with E-state index in [1.54, 1.807) is 6.07 Å². The molecule has 0 radical (unpaired) electrons. The molecule has 0 aromatic heterocycles. The van der Waals surface area contributed by atoms with Gasteiger partial charge in [0, 0.05) is 11.6 Å². The Morgan fingerprint density at radius 1 is 1.43 bits per heavy atom. The predicted molar refractivity (Wildman–Crippen MR) is 55.6 cm³/mol. The maximum Gasteiger partial charge on any atom is 0.131 e. The van der Waals surface area contributed by atoms with Gasteiger partial charge in [-0.15, -0.1) is 0 Å². The second-order valence-corrected chi connectivity index (χ2v) is 4.56. The Labute approximate surface area is 84.1 Å². The lowest BCUT2D eigenvalue weighted by atomic mass is 9.94. The zero-order valence-corrected chi connectivity index (χ0v) is 8.68. The van der Waals surface area contributed by atoms with Crippen LogP contribution in [-0.4, -0.2) is 0 Å². The van der Waals surface area contributed by atoms with Crippen molar-refractivity contribution < 1.29 is 4.39 Å². The van der Waals surface area contributed by atoms with Crippen molar-refractivity contribution in [1.29, 1.82) is 0 Å². The molecule has 0 unspecified atom stereocenters. The number of hydrogen-bond donors (Lipinski definition) is 1. The summed E-state index contributed by atoms with van der Waals surface area (Å²) >= 11 is 0. The molecule has 76 valence electrons. The number of hydrogen-bond acceptors (Lipinski definition) is 1. The molecule has 1 fully saturated rings. The van der Waals surface area contributed by atoms with Gasteiger partial charge in [-0.05, 0) is 30.7 Å². The third-order valence-corrected chi connectivity index (χ3v) is 3.17. The molecule has 2 heteroatoms. The molecule has 0 bridgehead atoms. The summed E-state index contributed by atoms with van der Waals surface area (Å²) < 4.78 is 14.0. The largest absolute Gasteiger partial charge is 0.324 e. The van der Waals surface area contributed by atoms with Crippen molar-refractivity contribution >= 4 is 0 Å². The van der Waals surface area contributed by atoms with E-state index in [1.165, 1.54) is 0 Å². The minimum Gasteiger partial charge on any atom is -0.324 e. The minimum absolute atomic E-state index is 0.0784. The first kappa shape index (κ1) is 9.66. The molecule has 1 saturated carbocycles. The van der Waals surface area contributed by atoms with Crippen LogP contribution in [0, 0.1) is 5.82 Å². The van der Waals surface area contributed by atoms with Crippen LogP contribution in [0.5, 0.6) is 0 Å². The third kappa shape index (κ3) is 1.44. The molecular formula is C12H16FN. The van der Waals surface area contributed by atoms with Gasteiger partial charge in [0.1, 0.15) is 5.82 Å². The van der Waals surface area contributed by atoms with Gasteiger partial charge in [-0.1, -0.05) is 25.1 Å². The van der Waals surface area contributed by atoms with Crippen LogP contribution in [0.25, 0.3) is 0 Å². The van der Waals surface area contributed by atoms with E-state index in [-0.39, 0.29) is 17.3 Å². The summed E-state index contributed by atoms with van der Waals surface area (Å²) in [7, 11) is 0. The second kappa shape index (κ2) is 3.06. The number of benzene rings is 1. The van der Waals surface area contributed by atoms with Crippen molar-refractivity contribution in [1.82, 2.24) is 0 Å². The van der Waals surface area contributed by atoms with Gasteiger partial charge >= 0.3 is 0 Å². The summed E-state index contributed by atoms with van der Waals surface area (Å²) in [5.41, 5.74) is 7.26. The Balaban J connectivity index is 2.47. The summed E-state index contributed by atoms with van der Waals surface area (Å²) in [5, 5.41) is 0. The van der Waals surface area contributed by atoms with Crippen molar-refractivity contribution in [3.63, 3.8) is 0 Å². The lowest BCUT2D eigenvalue weighted by Crippen LogP contribution is -2.12. The summed E-state index contributed by atoms with van der Waals surface area (Å²) in [5.74, 6) is -0.0949. The van der Waals surface area contributed by atoms with Crippen molar-refractivity contribution in [3.05, 3.63) is 35.1 Å². The highest BCUT2D eigenvalue weighted by atomic mass is 19.1. The van der Waals surface area contributed by atoms with E-state index in [1.807, 2.05) is 19.1 Å². The number of nitrogens with two attached hydrogens (primary N) is 1. The first-order chi connectivity index (χ1) is 6.54. The van der Waals surface area contributed by atoms with E-state index in [2.05, 4.69) is 6.92 Å². The van der Waals surface area contributed by atoms with Gasteiger partial charge in [0.25, 0.3) is 0 Å². The second-order valence-electron chi connectivity index (χ2n) is 4.56. The maximum absolute atomic E-state index is 14.0. The Kier molecular flexibility index (Phi) is 2.11. The van der Waals surface area contributed by atoms with Crippen LogP contribution in [0.4, 0.5) is 4.39 Å². The first-order valence-electron chi connectivity index (χ1n) is 5.09. The van der Waals surface area contributed by atoms with E-state index >= 15 is 0 Å². The summed E-state index contributed by atoms with van der Waals surface area (Å²) in [4.78, 5) is 0. The standard InChI is InChI=1S/C12H16FN/c1-8(14)9-4-3-5-10(11(9)13)12(2)6-7-12/h3-5,8H,6-7,14H2,1-2H3/t8-/m1/s1. The molecule has 1 aliphatic rings. The van der Waals surface area contributed by atoms with Crippen LogP contribution in [0.15, 0.2) is 18.2 Å². The highest BCUT2D eigenvalue weighted by molar-refractivity contribution is 5.36. The van der Waals surface area contributed by atoms with E-state index in [0.29, 0.717) is 5.56 Å². The molecular weight excluding hydrogens is 177 g/mol. The zero-order valence-electron chi connectivity index (χ0n) is 8.68. The topological polar surface area (TPSA) is 26.0 Å². The van der Waals surface area contributed by atoms with Crippen LogP contribution in [0.1, 0.15) is 43.9 Å². The van der Waals surface area contributed by atoms with Gasteiger partial charge in [-0.25, -0.2) is 4.39 Å². The van der Waals surface area contributed by atoms with Crippen LogP contribution >= 0.6 is 0 Å². The van der Waals surface area contributed by atoms with Crippen molar-refractivity contribution in [2.24, 2.45) is 5.73 Å². The number of rotatable bonds is 2. The van der Waals surface area contributed by atoms with Gasteiger partial charge in [0.05, 0.1) is 0 Å². The molecule has 1 aliphatic carbocycles. The predicted octanol–water partition coefficient (Wildman–Crippen LogP) is 2.90. The first-order valence-corrected chi connectivity index (χ1v) is 5.09.